The Labute approximate surface area is 62.6 Å². The Balaban J connectivity index is 2.38. The van der Waals surface area contributed by atoms with Crippen LogP contribution in [0.1, 0.15) is 39.9 Å². The van der Waals surface area contributed by atoms with Crippen LogP contribution in [-0.2, 0) is 4.79 Å². The van der Waals surface area contributed by atoms with Gasteiger partial charge in [-0.3, -0.25) is 4.79 Å². The lowest BCUT2D eigenvalue weighted by Gasteiger charge is -2.18. The van der Waals surface area contributed by atoms with E-state index in [1.807, 2.05) is 0 Å². The standard InChI is InChI=1S/C8H14O2/c9-8(10)6-7-4-2-1-3-5-7/h7H,1-6H2,(H,9,10)/i6D/t6-/m1/s1. The second-order valence-electron chi connectivity index (χ2n) is 2.90. The first kappa shape index (κ1) is 6.20. The smallest absolute Gasteiger partial charge is 0.303 e. The fraction of sp³-hybridized carbons (Fsp3) is 0.875. The summed E-state index contributed by atoms with van der Waals surface area (Å²) < 4.78 is 7.32. The molecule has 0 aliphatic heterocycles. The van der Waals surface area contributed by atoms with Crippen LogP contribution >= 0.6 is 0 Å². The fourth-order valence-electron chi connectivity index (χ4n) is 1.50. The predicted molar refractivity (Wildman–Crippen MR) is 38.8 cm³/mol. The molecule has 58 valence electrons. The third-order valence-electron chi connectivity index (χ3n) is 2.03. The highest BCUT2D eigenvalue weighted by Crippen LogP contribution is 2.25. The molecule has 0 aromatic rings. The lowest BCUT2D eigenvalue weighted by Crippen LogP contribution is -2.10. The van der Waals surface area contributed by atoms with Gasteiger partial charge in [-0.1, -0.05) is 19.3 Å². The summed E-state index contributed by atoms with van der Waals surface area (Å²) in [5.41, 5.74) is 0. The largest absolute Gasteiger partial charge is 0.481 e. The Bertz CT molecular complexity index is 141. The van der Waals surface area contributed by atoms with Gasteiger partial charge >= 0.3 is 5.97 Å². The van der Waals surface area contributed by atoms with E-state index >= 15 is 0 Å². The van der Waals surface area contributed by atoms with E-state index in [-0.39, 0.29) is 5.92 Å². The van der Waals surface area contributed by atoms with Crippen LogP contribution < -0.4 is 0 Å². The van der Waals surface area contributed by atoms with Crippen LogP contribution in [0.4, 0.5) is 0 Å². The molecule has 0 unspecified atom stereocenters. The number of carboxylic acids is 1. The molecule has 0 aromatic heterocycles. The number of carboxylic acid groups (broad SMARTS) is 1. The summed E-state index contributed by atoms with van der Waals surface area (Å²) >= 11 is 0. The van der Waals surface area contributed by atoms with Crippen molar-refractivity contribution in [3.8, 4) is 0 Å². The van der Waals surface area contributed by atoms with Gasteiger partial charge < -0.3 is 5.11 Å². The zero-order valence-corrected chi connectivity index (χ0v) is 6.05. The van der Waals surface area contributed by atoms with Gasteiger partial charge in [0.05, 0.1) is 0 Å². The first-order valence-electron chi connectivity index (χ1n) is 4.44. The van der Waals surface area contributed by atoms with Gasteiger partial charge in [-0.05, 0) is 18.8 Å². The third kappa shape index (κ3) is 2.38. The van der Waals surface area contributed by atoms with Crippen molar-refractivity contribution >= 4 is 5.97 Å². The van der Waals surface area contributed by atoms with Crippen molar-refractivity contribution in [1.82, 2.24) is 0 Å². The molecule has 1 aliphatic rings. The first-order chi connectivity index (χ1) is 5.22. The Hall–Kier alpha value is -0.530. The zero-order chi connectivity index (χ0) is 8.27. The molecule has 0 spiro atoms. The molecule has 0 radical (unpaired) electrons. The van der Waals surface area contributed by atoms with Gasteiger partial charge in [0.15, 0.2) is 0 Å². The molecule has 1 aliphatic carbocycles. The Morgan fingerprint density at radius 1 is 1.50 bits per heavy atom. The van der Waals surface area contributed by atoms with Crippen molar-refractivity contribution < 1.29 is 11.3 Å². The van der Waals surface area contributed by atoms with Crippen LogP contribution in [0.5, 0.6) is 0 Å². The highest BCUT2D eigenvalue weighted by molar-refractivity contribution is 5.66. The summed E-state index contributed by atoms with van der Waals surface area (Å²) in [7, 11) is 0. The molecule has 0 amide bonds. The Morgan fingerprint density at radius 2 is 2.10 bits per heavy atom. The fourth-order valence-corrected chi connectivity index (χ4v) is 1.50. The number of carbonyl (C=O) groups is 1. The number of hydrogen-bond donors (Lipinski definition) is 1. The van der Waals surface area contributed by atoms with E-state index in [4.69, 9.17) is 6.48 Å². The van der Waals surface area contributed by atoms with E-state index in [1.54, 1.807) is 0 Å². The van der Waals surface area contributed by atoms with Crippen LogP contribution in [0.2, 0.25) is 0 Å². The molecular formula is C8H14O2. The summed E-state index contributed by atoms with van der Waals surface area (Å²) in [6.45, 7) is 0. The second kappa shape index (κ2) is 3.59. The normalized spacial score (nSPS) is 25.4. The molecule has 1 rings (SSSR count). The second-order valence-corrected chi connectivity index (χ2v) is 2.90. The first-order valence-corrected chi connectivity index (χ1v) is 3.87. The molecule has 10 heavy (non-hydrogen) atoms. The summed E-state index contributed by atoms with van der Waals surface area (Å²) in [4.78, 5) is 10.4. The van der Waals surface area contributed by atoms with E-state index in [0.717, 1.165) is 25.7 Å². The predicted octanol–water partition coefficient (Wildman–Crippen LogP) is 2.04. The van der Waals surface area contributed by atoms with Gasteiger partial charge in [0.25, 0.3) is 0 Å². The minimum atomic E-state index is -0.961. The van der Waals surface area contributed by atoms with Crippen LogP contribution in [0, 0.1) is 5.92 Å². The van der Waals surface area contributed by atoms with E-state index in [9.17, 15) is 4.79 Å². The van der Waals surface area contributed by atoms with Gasteiger partial charge in [0.1, 0.15) is 0 Å². The highest BCUT2D eigenvalue weighted by Gasteiger charge is 2.15. The maximum atomic E-state index is 10.4. The average Bonchev–Trinajstić information content (AvgIpc) is 2.05. The van der Waals surface area contributed by atoms with Gasteiger partial charge in [0.2, 0.25) is 0 Å². The Kier molecular flexibility index (Phi) is 2.23. The monoisotopic (exact) mass is 143 g/mol. The molecule has 1 atom stereocenters. The lowest BCUT2D eigenvalue weighted by molar-refractivity contribution is -0.138. The van der Waals surface area contributed by atoms with E-state index in [0.29, 0.717) is 0 Å². The minimum absolute atomic E-state index is 0.112. The van der Waals surface area contributed by atoms with E-state index < -0.39 is 12.4 Å². The maximum absolute atomic E-state index is 10.4. The highest BCUT2D eigenvalue weighted by atomic mass is 16.4. The zero-order valence-electron chi connectivity index (χ0n) is 7.05. The lowest BCUT2D eigenvalue weighted by atomic mass is 9.87. The summed E-state index contributed by atoms with van der Waals surface area (Å²) in [5.74, 6) is -0.849. The summed E-state index contributed by atoms with van der Waals surface area (Å²) in [5, 5.41) is 8.55. The molecule has 0 saturated heterocycles. The van der Waals surface area contributed by atoms with Gasteiger partial charge in [-0.15, -0.1) is 0 Å². The van der Waals surface area contributed by atoms with Crippen LogP contribution in [-0.4, -0.2) is 11.1 Å². The van der Waals surface area contributed by atoms with E-state index in [2.05, 4.69) is 0 Å². The van der Waals surface area contributed by atoms with Crippen molar-refractivity contribution in [2.75, 3.05) is 0 Å². The van der Waals surface area contributed by atoms with Gasteiger partial charge in [-0.2, -0.15) is 0 Å². The molecule has 2 nitrogen and oxygen atoms in total. The van der Waals surface area contributed by atoms with Gasteiger partial charge in [-0.25, -0.2) is 0 Å². The van der Waals surface area contributed by atoms with Crippen molar-refractivity contribution in [3.05, 3.63) is 0 Å². The van der Waals surface area contributed by atoms with Crippen LogP contribution in [0.15, 0.2) is 0 Å². The molecule has 0 heterocycles. The number of rotatable bonds is 2. The van der Waals surface area contributed by atoms with Crippen molar-refractivity contribution in [2.24, 2.45) is 5.92 Å². The van der Waals surface area contributed by atoms with Gasteiger partial charge in [0, 0.05) is 7.77 Å². The van der Waals surface area contributed by atoms with Crippen molar-refractivity contribution in [3.63, 3.8) is 0 Å². The SMILES string of the molecule is [2H][C@@H](C(=O)O)C1CCCCC1. The molecule has 0 aromatic carbocycles. The van der Waals surface area contributed by atoms with Crippen LogP contribution in [0.25, 0.3) is 0 Å². The summed E-state index contributed by atoms with van der Waals surface area (Å²) in [6, 6.07) is 0. The third-order valence-corrected chi connectivity index (χ3v) is 2.03. The molecule has 1 N–H and O–H groups in total. The van der Waals surface area contributed by atoms with Crippen molar-refractivity contribution in [2.45, 2.75) is 38.5 Å². The average molecular weight is 143 g/mol. The minimum Gasteiger partial charge on any atom is -0.481 e. The summed E-state index contributed by atoms with van der Waals surface area (Å²) in [6.07, 6.45) is 4.40. The van der Waals surface area contributed by atoms with E-state index in [1.165, 1.54) is 6.42 Å². The molecule has 1 fully saturated rings. The molecular weight excluding hydrogens is 128 g/mol. The molecule has 0 bridgehead atoms. The molecule has 2 heteroatoms. The number of aliphatic carboxylic acids is 1. The molecule has 1 saturated carbocycles. The maximum Gasteiger partial charge on any atom is 0.303 e. The quantitative estimate of drug-likeness (QED) is 0.642. The topological polar surface area (TPSA) is 37.3 Å². The van der Waals surface area contributed by atoms with Crippen molar-refractivity contribution in [1.29, 1.82) is 0 Å². The van der Waals surface area contributed by atoms with Crippen LogP contribution in [0.3, 0.4) is 0 Å². The Morgan fingerprint density at radius 3 is 2.60 bits per heavy atom. The number of hydrogen-bond acceptors (Lipinski definition) is 1.